The van der Waals surface area contributed by atoms with Crippen molar-refractivity contribution < 1.29 is 9.18 Å². The second-order valence-corrected chi connectivity index (χ2v) is 5.06. The highest BCUT2D eigenvalue weighted by Crippen LogP contribution is 2.25. The first-order valence-corrected chi connectivity index (χ1v) is 7.20. The summed E-state index contributed by atoms with van der Waals surface area (Å²) in [5.74, 6) is -0.628. The summed E-state index contributed by atoms with van der Waals surface area (Å²) in [5.41, 5.74) is 0.229. The molecule has 0 aromatic heterocycles. The van der Waals surface area contributed by atoms with Gasteiger partial charge < -0.3 is 10.6 Å². The summed E-state index contributed by atoms with van der Waals surface area (Å²) in [7, 11) is 0. The molecule has 1 aliphatic rings. The molecule has 0 bridgehead atoms. The van der Waals surface area contributed by atoms with E-state index < -0.39 is 5.82 Å². The van der Waals surface area contributed by atoms with Crippen LogP contribution in [0.5, 0.6) is 0 Å². The number of amides is 1. The van der Waals surface area contributed by atoms with Gasteiger partial charge >= 0.3 is 0 Å². The highest BCUT2D eigenvalue weighted by atomic mass is 19.1. The number of para-hydroxylation sites is 1. The Labute approximate surface area is 119 Å². The van der Waals surface area contributed by atoms with Crippen molar-refractivity contribution in [2.45, 2.75) is 25.8 Å². The fourth-order valence-electron chi connectivity index (χ4n) is 2.22. The van der Waals surface area contributed by atoms with Crippen molar-refractivity contribution in [3.63, 3.8) is 0 Å². The molecule has 110 valence electrons. The molecule has 1 aromatic rings. The van der Waals surface area contributed by atoms with Crippen LogP contribution in [0, 0.1) is 5.82 Å². The maximum absolute atomic E-state index is 13.3. The number of carbonyl (C=O) groups excluding carboxylic acids is 1. The zero-order valence-corrected chi connectivity index (χ0v) is 11.9. The molecule has 1 aromatic carbocycles. The van der Waals surface area contributed by atoms with E-state index in [2.05, 4.69) is 22.5 Å². The number of nitrogens with zero attached hydrogens (tertiary/aromatic N) is 1. The van der Waals surface area contributed by atoms with Gasteiger partial charge in [0, 0.05) is 19.1 Å². The molecule has 0 atom stereocenters. The summed E-state index contributed by atoms with van der Waals surface area (Å²) in [6.45, 7) is 5.14. The van der Waals surface area contributed by atoms with E-state index >= 15 is 0 Å². The Balaban J connectivity index is 1.64. The maximum Gasteiger partial charge on any atom is 0.238 e. The average molecular weight is 279 g/mol. The molecule has 1 aliphatic carbocycles. The van der Waals surface area contributed by atoms with Gasteiger partial charge in [-0.2, -0.15) is 0 Å². The van der Waals surface area contributed by atoms with E-state index in [-0.39, 0.29) is 18.1 Å². The second-order valence-electron chi connectivity index (χ2n) is 5.06. The lowest BCUT2D eigenvalue weighted by Crippen LogP contribution is -2.36. The van der Waals surface area contributed by atoms with Crippen LogP contribution in [0.2, 0.25) is 0 Å². The highest BCUT2D eigenvalue weighted by Gasteiger charge is 2.26. The Morgan fingerprint density at radius 1 is 1.40 bits per heavy atom. The molecule has 5 heteroatoms. The molecule has 0 heterocycles. The summed E-state index contributed by atoms with van der Waals surface area (Å²) in [6.07, 6.45) is 2.59. The summed E-state index contributed by atoms with van der Waals surface area (Å²) in [4.78, 5) is 14.1. The van der Waals surface area contributed by atoms with Crippen molar-refractivity contribution in [1.82, 2.24) is 10.2 Å². The molecule has 0 unspecified atom stereocenters. The summed E-state index contributed by atoms with van der Waals surface area (Å²) in [6, 6.07) is 6.92. The van der Waals surface area contributed by atoms with Gasteiger partial charge in [0.15, 0.2) is 0 Å². The van der Waals surface area contributed by atoms with Crippen molar-refractivity contribution in [3.8, 4) is 0 Å². The fourth-order valence-corrected chi connectivity index (χ4v) is 2.22. The Bertz CT molecular complexity index is 448. The van der Waals surface area contributed by atoms with Gasteiger partial charge in [-0.15, -0.1) is 0 Å². The predicted octanol–water partition coefficient (Wildman–Crippen LogP) is 1.84. The number of carbonyl (C=O) groups is 1. The third kappa shape index (κ3) is 4.58. The lowest BCUT2D eigenvalue weighted by molar-refractivity contribution is -0.115. The topological polar surface area (TPSA) is 44.4 Å². The van der Waals surface area contributed by atoms with Gasteiger partial charge in [0.1, 0.15) is 5.82 Å². The van der Waals surface area contributed by atoms with Crippen LogP contribution in [0.4, 0.5) is 10.1 Å². The van der Waals surface area contributed by atoms with Crippen LogP contribution >= 0.6 is 0 Å². The molecule has 1 fully saturated rings. The maximum atomic E-state index is 13.3. The van der Waals surface area contributed by atoms with Crippen LogP contribution in [0.3, 0.4) is 0 Å². The minimum atomic E-state index is -0.410. The smallest absolute Gasteiger partial charge is 0.238 e. The second kappa shape index (κ2) is 7.36. The number of rotatable bonds is 8. The first-order chi connectivity index (χ1) is 9.70. The number of benzene rings is 1. The molecule has 2 N–H and O–H groups in total. The Hall–Kier alpha value is -1.46. The standard InChI is InChI=1S/C15H22FN3O/c1-2-19(12-7-8-12)10-9-17-11-15(20)18-14-6-4-3-5-13(14)16/h3-6,12,17H,2,7-11H2,1H3,(H,18,20). The van der Waals surface area contributed by atoms with Crippen LogP contribution in [0.25, 0.3) is 0 Å². The average Bonchev–Trinajstić information content (AvgIpc) is 3.26. The molecular weight excluding hydrogens is 257 g/mol. The monoisotopic (exact) mass is 279 g/mol. The molecule has 0 spiro atoms. The Kier molecular flexibility index (Phi) is 5.49. The van der Waals surface area contributed by atoms with Crippen molar-refractivity contribution >= 4 is 11.6 Å². The zero-order chi connectivity index (χ0) is 14.4. The number of nitrogens with one attached hydrogen (secondary N) is 2. The first kappa shape index (κ1) is 14.9. The molecule has 4 nitrogen and oxygen atoms in total. The number of hydrogen-bond donors (Lipinski definition) is 2. The number of anilines is 1. The quantitative estimate of drug-likeness (QED) is 0.714. The van der Waals surface area contributed by atoms with Crippen molar-refractivity contribution in [1.29, 1.82) is 0 Å². The molecule has 20 heavy (non-hydrogen) atoms. The first-order valence-electron chi connectivity index (χ1n) is 7.20. The van der Waals surface area contributed by atoms with E-state index in [1.807, 2.05) is 0 Å². The molecule has 0 aliphatic heterocycles. The summed E-state index contributed by atoms with van der Waals surface area (Å²) >= 11 is 0. The minimum Gasteiger partial charge on any atom is -0.322 e. The summed E-state index contributed by atoms with van der Waals surface area (Å²) in [5, 5.41) is 5.65. The van der Waals surface area contributed by atoms with E-state index in [1.165, 1.54) is 18.9 Å². The zero-order valence-electron chi connectivity index (χ0n) is 11.9. The lowest BCUT2D eigenvalue weighted by Gasteiger charge is -2.19. The lowest BCUT2D eigenvalue weighted by atomic mass is 10.3. The van der Waals surface area contributed by atoms with E-state index in [4.69, 9.17) is 0 Å². The van der Waals surface area contributed by atoms with Gasteiger partial charge in [0.25, 0.3) is 0 Å². The molecule has 0 saturated heterocycles. The normalized spacial score (nSPS) is 14.6. The van der Waals surface area contributed by atoms with Crippen LogP contribution < -0.4 is 10.6 Å². The minimum absolute atomic E-state index is 0.205. The van der Waals surface area contributed by atoms with Gasteiger partial charge in [-0.3, -0.25) is 9.69 Å². The molecule has 0 radical (unpaired) electrons. The SMILES string of the molecule is CCN(CCNCC(=O)Nc1ccccc1F)C1CC1. The largest absolute Gasteiger partial charge is 0.322 e. The van der Waals surface area contributed by atoms with Crippen molar-refractivity contribution in [2.75, 3.05) is 31.5 Å². The van der Waals surface area contributed by atoms with Crippen LogP contribution in [0.1, 0.15) is 19.8 Å². The Morgan fingerprint density at radius 3 is 2.80 bits per heavy atom. The van der Waals surface area contributed by atoms with Gasteiger partial charge in [-0.05, 0) is 31.5 Å². The summed E-state index contributed by atoms with van der Waals surface area (Å²) < 4.78 is 13.3. The number of hydrogen-bond acceptors (Lipinski definition) is 3. The van der Waals surface area contributed by atoms with E-state index in [9.17, 15) is 9.18 Å². The number of likely N-dealkylation sites (N-methyl/N-ethyl adjacent to an activating group) is 1. The van der Waals surface area contributed by atoms with Gasteiger partial charge in [0.05, 0.1) is 12.2 Å². The number of halogens is 1. The van der Waals surface area contributed by atoms with E-state index in [0.29, 0.717) is 0 Å². The highest BCUT2D eigenvalue weighted by molar-refractivity contribution is 5.92. The molecular formula is C15H22FN3O. The van der Waals surface area contributed by atoms with Crippen LogP contribution in [-0.4, -0.2) is 43.0 Å². The van der Waals surface area contributed by atoms with E-state index in [1.54, 1.807) is 18.2 Å². The van der Waals surface area contributed by atoms with Crippen molar-refractivity contribution in [3.05, 3.63) is 30.1 Å². The van der Waals surface area contributed by atoms with Crippen LogP contribution in [0.15, 0.2) is 24.3 Å². The molecule has 2 rings (SSSR count). The predicted molar refractivity (Wildman–Crippen MR) is 78.2 cm³/mol. The fraction of sp³-hybridized carbons (Fsp3) is 0.533. The van der Waals surface area contributed by atoms with E-state index in [0.717, 1.165) is 25.7 Å². The Morgan fingerprint density at radius 2 is 2.15 bits per heavy atom. The molecule has 1 amide bonds. The third-order valence-electron chi connectivity index (χ3n) is 3.48. The van der Waals surface area contributed by atoms with Gasteiger partial charge in [-0.25, -0.2) is 4.39 Å². The van der Waals surface area contributed by atoms with Gasteiger partial charge in [-0.1, -0.05) is 19.1 Å². The van der Waals surface area contributed by atoms with Gasteiger partial charge in [0.2, 0.25) is 5.91 Å². The van der Waals surface area contributed by atoms with Crippen LogP contribution in [-0.2, 0) is 4.79 Å². The third-order valence-corrected chi connectivity index (χ3v) is 3.48. The van der Waals surface area contributed by atoms with Crippen molar-refractivity contribution in [2.24, 2.45) is 0 Å². The molecule has 1 saturated carbocycles.